The van der Waals surface area contributed by atoms with Crippen LogP contribution in [0.2, 0.25) is 5.02 Å². The first-order valence-electron chi connectivity index (χ1n) is 11.8. The first kappa shape index (κ1) is 28.7. The number of rotatable bonds is 11. The molecule has 0 spiro atoms. The van der Waals surface area contributed by atoms with Gasteiger partial charge in [-0.15, -0.1) is 0 Å². The standard InChI is InChI=1S/C26H36ClN3O4S/c1-7-19(4)28-26(32)23(8-2)29(16-21-12-14-22(27)15-13-21)25(31)17-30(35(6,33)34)24-11-9-10-18(3)20(24)5/h9-15,19,23H,7-8,16-17H2,1-6H3,(H,28,32)/t19-,23-/m0/s1. The molecule has 0 bridgehead atoms. The molecule has 35 heavy (non-hydrogen) atoms. The predicted molar refractivity (Wildman–Crippen MR) is 142 cm³/mol. The van der Waals surface area contributed by atoms with Gasteiger partial charge in [0.2, 0.25) is 21.8 Å². The Labute approximate surface area is 214 Å². The molecule has 0 heterocycles. The largest absolute Gasteiger partial charge is 0.352 e. The minimum Gasteiger partial charge on any atom is -0.352 e. The Morgan fingerprint density at radius 3 is 2.20 bits per heavy atom. The highest BCUT2D eigenvalue weighted by atomic mass is 35.5. The molecule has 0 aliphatic rings. The number of hydrogen-bond acceptors (Lipinski definition) is 4. The fourth-order valence-corrected chi connectivity index (χ4v) is 4.77. The third-order valence-corrected chi connectivity index (χ3v) is 7.56. The molecular weight excluding hydrogens is 486 g/mol. The average Bonchev–Trinajstić information content (AvgIpc) is 2.79. The first-order chi connectivity index (χ1) is 16.4. The Kier molecular flexibility index (Phi) is 10.2. The molecule has 192 valence electrons. The van der Waals surface area contributed by atoms with E-state index >= 15 is 0 Å². The van der Waals surface area contributed by atoms with Crippen molar-refractivity contribution in [3.05, 3.63) is 64.2 Å². The number of amides is 2. The van der Waals surface area contributed by atoms with Crippen LogP contribution in [0.4, 0.5) is 5.69 Å². The Morgan fingerprint density at radius 2 is 1.66 bits per heavy atom. The summed E-state index contributed by atoms with van der Waals surface area (Å²) in [5.41, 5.74) is 2.93. The van der Waals surface area contributed by atoms with Gasteiger partial charge in [0.1, 0.15) is 12.6 Å². The number of halogens is 1. The quantitative estimate of drug-likeness (QED) is 0.473. The van der Waals surface area contributed by atoms with Crippen molar-refractivity contribution in [2.75, 3.05) is 17.1 Å². The van der Waals surface area contributed by atoms with Crippen LogP contribution < -0.4 is 9.62 Å². The van der Waals surface area contributed by atoms with E-state index in [2.05, 4.69) is 5.32 Å². The number of aryl methyl sites for hydroxylation is 1. The molecule has 0 aliphatic carbocycles. The van der Waals surface area contributed by atoms with Crippen LogP contribution >= 0.6 is 11.6 Å². The zero-order valence-electron chi connectivity index (χ0n) is 21.3. The van der Waals surface area contributed by atoms with Gasteiger partial charge in [-0.2, -0.15) is 0 Å². The van der Waals surface area contributed by atoms with Gasteiger partial charge in [0.05, 0.1) is 11.9 Å². The second kappa shape index (κ2) is 12.4. The van der Waals surface area contributed by atoms with Crippen molar-refractivity contribution in [1.82, 2.24) is 10.2 Å². The van der Waals surface area contributed by atoms with E-state index in [1.165, 1.54) is 4.90 Å². The van der Waals surface area contributed by atoms with Crippen molar-refractivity contribution in [3.8, 4) is 0 Å². The molecule has 1 N–H and O–H groups in total. The monoisotopic (exact) mass is 521 g/mol. The third-order valence-electron chi connectivity index (χ3n) is 6.18. The molecule has 2 aromatic rings. The molecule has 0 aromatic heterocycles. The minimum absolute atomic E-state index is 0.0495. The Morgan fingerprint density at radius 1 is 1.03 bits per heavy atom. The van der Waals surface area contributed by atoms with Crippen molar-refractivity contribution in [2.45, 2.75) is 66.1 Å². The molecule has 0 fully saturated rings. The van der Waals surface area contributed by atoms with Gasteiger partial charge in [0.25, 0.3) is 0 Å². The van der Waals surface area contributed by atoms with Crippen LogP contribution in [0.25, 0.3) is 0 Å². The van der Waals surface area contributed by atoms with Crippen molar-refractivity contribution in [2.24, 2.45) is 0 Å². The number of nitrogens with zero attached hydrogens (tertiary/aromatic N) is 2. The van der Waals surface area contributed by atoms with Crippen LogP contribution in [-0.4, -0.2) is 50.0 Å². The SMILES string of the molecule is CC[C@H](C)NC(=O)[C@H](CC)N(Cc1ccc(Cl)cc1)C(=O)CN(c1cccc(C)c1C)S(C)(=O)=O. The van der Waals surface area contributed by atoms with E-state index in [0.29, 0.717) is 17.1 Å². The van der Waals surface area contributed by atoms with Crippen LogP contribution in [0.5, 0.6) is 0 Å². The molecule has 0 radical (unpaired) electrons. The lowest BCUT2D eigenvalue weighted by atomic mass is 10.1. The summed E-state index contributed by atoms with van der Waals surface area (Å²) in [6.45, 7) is 9.16. The average molecular weight is 522 g/mol. The maximum Gasteiger partial charge on any atom is 0.244 e. The van der Waals surface area contributed by atoms with Gasteiger partial charge in [-0.25, -0.2) is 8.42 Å². The number of anilines is 1. The minimum atomic E-state index is -3.77. The number of hydrogen-bond donors (Lipinski definition) is 1. The number of sulfonamides is 1. The van der Waals surface area contributed by atoms with E-state index < -0.39 is 28.5 Å². The lowest BCUT2D eigenvalue weighted by Gasteiger charge is -2.33. The lowest BCUT2D eigenvalue weighted by molar-refractivity contribution is -0.140. The fourth-order valence-electron chi connectivity index (χ4n) is 3.75. The van der Waals surface area contributed by atoms with Gasteiger partial charge in [-0.1, -0.05) is 49.7 Å². The summed E-state index contributed by atoms with van der Waals surface area (Å²) in [5.74, 6) is -0.723. The number of benzene rings is 2. The van der Waals surface area contributed by atoms with Crippen molar-refractivity contribution < 1.29 is 18.0 Å². The molecule has 2 amide bonds. The van der Waals surface area contributed by atoms with Crippen LogP contribution in [0.3, 0.4) is 0 Å². The van der Waals surface area contributed by atoms with Crippen LogP contribution in [0, 0.1) is 13.8 Å². The topological polar surface area (TPSA) is 86.8 Å². The van der Waals surface area contributed by atoms with Crippen molar-refractivity contribution in [1.29, 1.82) is 0 Å². The van der Waals surface area contributed by atoms with Crippen molar-refractivity contribution >= 4 is 39.1 Å². The number of carbonyl (C=O) groups is 2. The summed E-state index contributed by atoms with van der Waals surface area (Å²) in [7, 11) is -3.77. The number of carbonyl (C=O) groups excluding carboxylic acids is 2. The van der Waals surface area contributed by atoms with Gasteiger partial charge in [-0.05, 0) is 68.5 Å². The van der Waals surface area contributed by atoms with Crippen molar-refractivity contribution in [3.63, 3.8) is 0 Å². The number of nitrogens with one attached hydrogen (secondary N) is 1. The Bertz CT molecular complexity index is 1140. The molecule has 2 aromatic carbocycles. The summed E-state index contributed by atoms with van der Waals surface area (Å²) in [5, 5.41) is 3.52. The summed E-state index contributed by atoms with van der Waals surface area (Å²) >= 11 is 6.02. The Hall–Kier alpha value is -2.58. The van der Waals surface area contributed by atoms with Gasteiger partial charge >= 0.3 is 0 Å². The van der Waals surface area contributed by atoms with Gasteiger partial charge in [-0.3, -0.25) is 13.9 Å². The maximum atomic E-state index is 13.7. The first-order valence-corrected chi connectivity index (χ1v) is 14.0. The van der Waals surface area contributed by atoms with Gasteiger partial charge in [0.15, 0.2) is 0 Å². The molecule has 7 nitrogen and oxygen atoms in total. The van der Waals surface area contributed by atoms with Crippen LogP contribution in [-0.2, 0) is 26.2 Å². The third kappa shape index (κ3) is 7.70. The zero-order chi connectivity index (χ0) is 26.3. The highest BCUT2D eigenvalue weighted by Gasteiger charge is 2.32. The van der Waals surface area contributed by atoms with E-state index in [4.69, 9.17) is 11.6 Å². The molecule has 2 atom stereocenters. The molecule has 0 saturated carbocycles. The summed E-state index contributed by atoms with van der Waals surface area (Å²) in [4.78, 5) is 28.3. The molecule has 0 aliphatic heterocycles. The summed E-state index contributed by atoms with van der Waals surface area (Å²) in [6.07, 6.45) is 2.21. The summed E-state index contributed by atoms with van der Waals surface area (Å²) < 4.78 is 26.7. The van der Waals surface area contributed by atoms with E-state index in [0.717, 1.165) is 33.7 Å². The van der Waals surface area contributed by atoms with Gasteiger partial charge in [0, 0.05) is 17.6 Å². The van der Waals surface area contributed by atoms with Crippen LogP contribution in [0.1, 0.15) is 50.3 Å². The Balaban J connectivity index is 2.47. The van der Waals surface area contributed by atoms with E-state index in [9.17, 15) is 18.0 Å². The molecule has 0 unspecified atom stereocenters. The smallest absolute Gasteiger partial charge is 0.244 e. The van der Waals surface area contributed by atoms with E-state index in [1.54, 1.807) is 36.4 Å². The van der Waals surface area contributed by atoms with E-state index in [-0.39, 0.29) is 18.5 Å². The molecular formula is C26H36ClN3O4S. The van der Waals surface area contributed by atoms with Gasteiger partial charge < -0.3 is 10.2 Å². The van der Waals surface area contributed by atoms with Crippen LogP contribution in [0.15, 0.2) is 42.5 Å². The summed E-state index contributed by atoms with van der Waals surface area (Å²) in [6, 6.07) is 11.6. The predicted octanol–water partition coefficient (Wildman–Crippen LogP) is 4.44. The lowest BCUT2D eigenvalue weighted by Crippen LogP contribution is -2.53. The highest BCUT2D eigenvalue weighted by molar-refractivity contribution is 7.92. The second-order valence-corrected chi connectivity index (χ2v) is 11.2. The fraction of sp³-hybridized carbons (Fsp3) is 0.462. The second-order valence-electron chi connectivity index (χ2n) is 8.88. The molecule has 2 rings (SSSR count). The van der Waals surface area contributed by atoms with E-state index in [1.807, 2.05) is 40.7 Å². The maximum absolute atomic E-state index is 13.7. The highest BCUT2D eigenvalue weighted by Crippen LogP contribution is 2.26. The molecule has 9 heteroatoms. The zero-order valence-corrected chi connectivity index (χ0v) is 22.9. The normalized spacial score (nSPS) is 13.1. The molecule has 0 saturated heterocycles.